The van der Waals surface area contributed by atoms with Crippen LogP contribution in [0.1, 0.15) is 11.7 Å². The highest BCUT2D eigenvalue weighted by molar-refractivity contribution is 9.10. The summed E-state index contributed by atoms with van der Waals surface area (Å²) >= 11 is 2.97. The van der Waals surface area contributed by atoms with Gasteiger partial charge in [0.25, 0.3) is 0 Å². The van der Waals surface area contributed by atoms with Gasteiger partial charge in [-0.15, -0.1) is 0 Å². The van der Waals surface area contributed by atoms with Crippen molar-refractivity contribution in [1.29, 1.82) is 0 Å². The third kappa shape index (κ3) is 2.30. The predicted molar refractivity (Wildman–Crippen MR) is 51.5 cm³/mol. The maximum absolute atomic E-state index is 13.0. The number of hydrogen-bond donors (Lipinski definition) is 1. The minimum Gasteiger partial charge on any atom is -0.479 e. The molecule has 5 heteroatoms. The first kappa shape index (κ1) is 11.1. The summed E-state index contributed by atoms with van der Waals surface area (Å²) in [6, 6.07) is 4.07. The molecule has 76 valence electrons. The van der Waals surface area contributed by atoms with Crippen LogP contribution >= 0.6 is 15.9 Å². The molecule has 0 bridgehead atoms. The summed E-state index contributed by atoms with van der Waals surface area (Å²) in [7, 11) is 1.26. The Morgan fingerprint density at radius 2 is 2.29 bits per heavy atom. The Kier molecular flexibility index (Phi) is 3.60. The van der Waals surface area contributed by atoms with E-state index in [0.29, 0.717) is 4.47 Å². The second kappa shape index (κ2) is 4.52. The van der Waals surface area contributed by atoms with E-state index in [2.05, 4.69) is 15.9 Å². The zero-order chi connectivity index (χ0) is 10.7. The van der Waals surface area contributed by atoms with E-state index in [1.54, 1.807) is 0 Å². The fourth-order valence-electron chi connectivity index (χ4n) is 1.05. The SMILES string of the molecule is COC(C(=O)O)c1ccc(Br)c(F)c1. The molecule has 0 saturated carbocycles. The molecule has 3 nitrogen and oxygen atoms in total. The molecule has 0 aliphatic heterocycles. The van der Waals surface area contributed by atoms with Crippen molar-refractivity contribution < 1.29 is 19.0 Å². The van der Waals surface area contributed by atoms with Crippen LogP contribution in [0.3, 0.4) is 0 Å². The third-order valence-electron chi connectivity index (χ3n) is 1.71. The van der Waals surface area contributed by atoms with Crippen molar-refractivity contribution in [2.24, 2.45) is 0 Å². The van der Waals surface area contributed by atoms with Crippen molar-refractivity contribution in [3.05, 3.63) is 34.1 Å². The molecule has 1 atom stereocenters. The molecule has 1 aromatic rings. The zero-order valence-electron chi connectivity index (χ0n) is 7.33. The van der Waals surface area contributed by atoms with Crippen molar-refractivity contribution in [2.75, 3.05) is 7.11 Å². The van der Waals surface area contributed by atoms with Gasteiger partial charge in [-0.05, 0) is 33.6 Å². The lowest BCUT2D eigenvalue weighted by molar-refractivity contribution is -0.148. The van der Waals surface area contributed by atoms with Crippen LogP contribution in [0.5, 0.6) is 0 Å². The molecule has 0 spiro atoms. The number of hydrogen-bond acceptors (Lipinski definition) is 2. The summed E-state index contributed by atoms with van der Waals surface area (Å²) in [6.45, 7) is 0. The molecule has 1 rings (SSSR count). The Labute approximate surface area is 88.6 Å². The minimum atomic E-state index is -1.14. The number of ether oxygens (including phenoxy) is 1. The highest BCUT2D eigenvalue weighted by Crippen LogP contribution is 2.22. The largest absolute Gasteiger partial charge is 0.479 e. The summed E-state index contributed by atoms with van der Waals surface area (Å²) in [5.74, 6) is -1.65. The lowest BCUT2D eigenvalue weighted by Gasteiger charge is -2.10. The average Bonchev–Trinajstić information content (AvgIpc) is 2.11. The minimum absolute atomic E-state index is 0.278. The van der Waals surface area contributed by atoms with Crippen LogP contribution in [0.4, 0.5) is 4.39 Å². The number of halogens is 2. The highest BCUT2D eigenvalue weighted by atomic mass is 79.9. The van der Waals surface area contributed by atoms with Crippen LogP contribution in [0.25, 0.3) is 0 Å². The van der Waals surface area contributed by atoms with Crippen molar-refractivity contribution in [3.8, 4) is 0 Å². The lowest BCUT2D eigenvalue weighted by atomic mass is 10.1. The summed E-state index contributed by atoms with van der Waals surface area (Å²) in [5.41, 5.74) is 0.278. The van der Waals surface area contributed by atoms with E-state index in [9.17, 15) is 9.18 Å². The second-order valence-corrected chi connectivity index (χ2v) is 3.48. The Morgan fingerprint density at radius 3 is 2.71 bits per heavy atom. The van der Waals surface area contributed by atoms with E-state index in [4.69, 9.17) is 9.84 Å². The number of carboxylic acid groups (broad SMARTS) is 1. The van der Waals surface area contributed by atoms with Crippen LogP contribution in [0, 0.1) is 5.82 Å². The van der Waals surface area contributed by atoms with Gasteiger partial charge in [0, 0.05) is 7.11 Å². The molecule has 14 heavy (non-hydrogen) atoms. The molecule has 0 amide bonds. The van der Waals surface area contributed by atoms with Gasteiger partial charge >= 0.3 is 5.97 Å². The van der Waals surface area contributed by atoms with Gasteiger partial charge in [0.1, 0.15) is 5.82 Å². The number of carbonyl (C=O) groups is 1. The van der Waals surface area contributed by atoms with E-state index in [-0.39, 0.29) is 5.56 Å². The van der Waals surface area contributed by atoms with Gasteiger partial charge in [-0.1, -0.05) is 6.07 Å². The molecule has 0 fully saturated rings. The van der Waals surface area contributed by atoms with E-state index >= 15 is 0 Å². The van der Waals surface area contributed by atoms with Gasteiger partial charge in [-0.3, -0.25) is 0 Å². The number of carboxylic acids is 1. The quantitative estimate of drug-likeness (QED) is 0.910. The summed E-state index contributed by atoms with van der Waals surface area (Å²) in [5, 5.41) is 8.73. The molecule has 1 aromatic carbocycles. The smallest absolute Gasteiger partial charge is 0.337 e. The van der Waals surface area contributed by atoms with Gasteiger partial charge in [0.2, 0.25) is 0 Å². The molecule has 0 radical (unpaired) electrons. The molecule has 0 aliphatic carbocycles. The fourth-order valence-corrected chi connectivity index (χ4v) is 1.30. The Balaban J connectivity index is 3.06. The summed E-state index contributed by atoms with van der Waals surface area (Å²) in [4.78, 5) is 10.7. The molecule has 0 aliphatic rings. The predicted octanol–water partition coefficient (Wildman–Crippen LogP) is 2.36. The van der Waals surface area contributed by atoms with Gasteiger partial charge in [-0.2, -0.15) is 0 Å². The molecular weight excluding hydrogens is 255 g/mol. The Hall–Kier alpha value is -0.940. The van der Waals surface area contributed by atoms with Crippen LogP contribution in [0.15, 0.2) is 22.7 Å². The van der Waals surface area contributed by atoms with Gasteiger partial charge in [0.15, 0.2) is 6.10 Å². The van der Waals surface area contributed by atoms with Crippen LogP contribution in [0.2, 0.25) is 0 Å². The normalized spacial score (nSPS) is 12.5. The second-order valence-electron chi connectivity index (χ2n) is 2.63. The summed E-state index contributed by atoms with van der Waals surface area (Å²) < 4.78 is 18.0. The van der Waals surface area contributed by atoms with Crippen molar-refractivity contribution in [2.45, 2.75) is 6.10 Å². The zero-order valence-corrected chi connectivity index (χ0v) is 8.92. The average molecular weight is 263 g/mol. The van der Waals surface area contributed by atoms with Gasteiger partial charge in [0.05, 0.1) is 4.47 Å². The van der Waals surface area contributed by atoms with Crippen molar-refractivity contribution in [3.63, 3.8) is 0 Å². The number of methoxy groups -OCH3 is 1. The Morgan fingerprint density at radius 1 is 1.64 bits per heavy atom. The maximum atomic E-state index is 13.0. The molecule has 0 heterocycles. The van der Waals surface area contributed by atoms with Crippen LogP contribution in [-0.2, 0) is 9.53 Å². The van der Waals surface area contributed by atoms with E-state index in [1.165, 1.54) is 19.2 Å². The van der Waals surface area contributed by atoms with Crippen molar-refractivity contribution in [1.82, 2.24) is 0 Å². The van der Waals surface area contributed by atoms with Crippen molar-refractivity contribution >= 4 is 21.9 Å². The van der Waals surface area contributed by atoms with E-state index in [1.807, 2.05) is 0 Å². The number of benzene rings is 1. The number of aliphatic carboxylic acids is 1. The molecule has 0 saturated heterocycles. The van der Waals surface area contributed by atoms with E-state index < -0.39 is 17.9 Å². The molecule has 1 unspecified atom stereocenters. The lowest BCUT2D eigenvalue weighted by Crippen LogP contribution is -2.13. The van der Waals surface area contributed by atoms with E-state index in [0.717, 1.165) is 6.07 Å². The highest BCUT2D eigenvalue weighted by Gasteiger charge is 2.19. The topological polar surface area (TPSA) is 46.5 Å². The first-order valence-electron chi connectivity index (χ1n) is 3.77. The monoisotopic (exact) mass is 262 g/mol. The fraction of sp³-hybridized carbons (Fsp3) is 0.222. The van der Waals surface area contributed by atoms with Crippen LogP contribution < -0.4 is 0 Å². The molecule has 0 aromatic heterocycles. The Bertz CT molecular complexity index is 354. The standard InChI is InChI=1S/C9H8BrFO3/c1-14-8(9(12)13)5-2-3-6(10)7(11)4-5/h2-4,8H,1H3,(H,12,13). The summed E-state index contributed by atoms with van der Waals surface area (Å²) in [6.07, 6.45) is -1.13. The first-order valence-corrected chi connectivity index (χ1v) is 4.56. The van der Waals surface area contributed by atoms with Gasteiger partial charge < -0.3 is 9.84 Å². The van der Waals surface area contributed by atoms with Gasteiger partial charge in [-0.25, -0.2) is 9.18 Å². The molecular formula is C9H8BrFO3. The maximum Gasteiger partial charge on any atom is 0.337 e. The third-order valence-corrected chi connectivity index (χ3v) is 2.35. The molecule has 1 N–H and O–H groups in total. The van der Waals surface area contributed by atoms with Crippen LogP contribution in [-0.4, -0.2) is 18.2 Å². The first-order chi connectivity index (χ1) is 6.56. The number of rotatable bonds is 3.